The number of H-pyrrole nitrogens is 1. The summed E-state index contributed by atoms with van der Waals surface area (Å²) in [5.41, 5.74) is 6.38. The Hall–Kier alpha value is -1.83. The van der Waals surface area contributed by atoms with Gasteiger partial charge in [-0.2, -0.15) is 13.8 Å². The number of alkyl halides is 2. The van der Waals surface area contributed by atoms with Crippen molar-refractivity contribution >= 4 is 17.7 Å². The second kappa shape index (κ2) is 5.87. The number of aromatic amines is 1. The fraction of sp³-hybridized carbons (Fsp3) is 0.273. The van der Waals surface area contributed by atoms with Crippen molar-refractivity contribution in [2.24, 2.45) is 0 Å². The zero-order valence-corrected chi connectivity index (χ0v) is 10.8. The highest BCUT2D eigenvalue weighted by Gasteiger charge is 2.11. The molecule has 3 N–H and O–H groups in total. The molecule has 2 rings (SSSR count). The number of nitrogen functional groups attached to an aromatic ring is 1. The van der Waals surface area contributed by atoms with Crippen LogP contribution in [0.4, 0.5) is 14.7 Å². The summed E-state index contributed by atoms with van der Waals surface area (Å²) in [7, 11) is 0. The molecule has 0 saturated carbocycles. The van der Waals surface area contributed by atoms with Crippen molar-refractivity contribution in [1.82, 2.24) is 15.2 Å². The molecule has 0 saturated heterocycles. The molecule has 5 nitrogen and oxygen atoms in total. The summed E-state index contributed by atoms with van der Waals surface area (Å²) < 4.78 is 28.3. The molecule has 0 aliphatic heterocycles. The maximum atomic E-state index is 12.0. The predicted octanol–water partition coefficient (Wildman–Crippen LogP) is 2.84. The van der Waals surface area contributed by atoms with E-state index in [0.717, 1.165) is 5.56 Å². The maximum Gasteiger partial charge on any atom is 0.387 e. The SMILES string of the molecule is CC(Sc1n[nH]c(N)n1)c1ccc(OC(F)F)cc1. The molecule has 0 amide bonds. The lowest BCUT2D eigenvalue weighted by Crippen LogP contribution is -2.01. The Bertz CT molecular complexity index is 532. The summed E-state index contributed by atoms with van der Waals surface area (Å²) in [5, 5.41) is 7.07. The van der Waals surface area contributed by atoms with E-state index in [1.807, 2.05) is 6.92 Å². The van der Waals surface area contributed by atoms with E-state index in [-0.39, 0.29) is 16.9 Å². The van der Waals surface area contributed by atoms with E-state index in [2.05, 4.69) is 19.9 Å². The van der Waals surface area contributed by atoms with Gasteiger partial charge in [-0.1, -0.05) is 23.9 Å². The van der Waals surface area contributed by atoms with Gasteiger partial charge >= 0.3 is 6.61 Å². The van der Waals surface area contributed by atoms with Crippen LogP contribution in [-0.4, -0.2) is 21.8 Å². The number of thioether (sulfide) groups is 1. The van der Waals surface area contributed by atoms with Crippen LogP contribution in [0.3, 0.4) is 0 Å². The number of halogens is 2. The number of aromatic nitrogens is 3. The molecular weight excluding hydrogens is 274 g/mol. The highest BCUT2D eigenvalue weighted by atomic mass is 32.2. The molecule has 1 aromatic carbocycles. The van der Waals surface area contributed by atoms with E-state index >= 15 is 0 Å². The zero-order chi connectivity index (χ0) is 13.8. The molecule has 1 heterocycles. The molecular formula is C11H12F2N4OS. The van der Waals surface area contributed by atoms with Crippen LogP contribution >= 0.6 is 11.8 Å². The smallest absolute Gasteiger partial charge is 0.387 e. The molecule has 0 bridgehead atoms. The molecule has 8 heteroatoms. The minimum absolute atomic E-state index is 0.0656. The fourth-order valence-electron chi connectivity index (χ4n) is 1.46. The molecule has 0 fully saturated rings. The van der Waals surface area contributed by atoms with Crippen LogP contribution in [0.5, 0.6) is 5.75 Å². The number of nitrogens with two attached hydrogens (primary N) is 1. The molecule has 102 valence electrons. The Labute approximate surface area is 112 Å². The number of benzene rings is 1. The summed E-state index contributed by atoms with van der Waals surface area (Å²) in [4.78, 5) is 3.98. The van der Waals surface area contributed by atoms with Gasteiger partial charge in [0.05, 0.1) is 0 Å². The number of rotatable bonds is 5. The summed E-state index contributed by atoms with van der Waals surface area (Å²) in [6, 6.07) is 6.46. The lowest BCUT2D eigenvalue weighted by Gasteiger charge is -2.10. The zero-order valence-electron chi connectivity index (χ0n) is 10.0. The largest absolute Gasteiger partial charge is 0.435 e. The quantitative estimate of drug-likeness (QED) is 0.826. The molecule has 0 aliphatic carbocycles. The number of hydrogen-bond acceptors (Lipinski definition) is 5. The van der Waals surface area contributed by atoms with Gasteiger partial charge in [-0.05, 0) is 24.6 Å². The fourth-order valence-corrected chi connectivity index (χ4v) is 2.32. The van der Waals surface area contributed by atoms with Gasteiger partial charge < -0.3 is 10.5 Å². The third kappa shape index (κ3) is 3.82. The van der Waals surface area contributed by atoms with E-state index in [4.69, 9.17) is 5.73 Å². The highest BCUT2D eigenvalue weighted by Crippen LogP contribution is 2.33. The van der Waals surface area contributed by atoms with Crippen LogP contribution in [-0.2, 0) is 0 Å². The Morgan fingerprint density at radius 2 is 2.00 bits per heavy atom. The van der Waals surface area contributed by atoms with Gasteiger partial charge in [-0.15, -0.1) is 5.10 Å². The van der Waals surface area contributed by atoms with Crippen LogP contribution in [0.25, 0.3) is 0 Å². The monoisotopic (exact) mass is 286 g/mol. The van der Waals surface area contributed by atoms with Crippen LogP contribution < -0.4 is 10.5 Å². The van der Waals surface area contributed by atoms with Crippen molar-refractivity contribution in [2.45, 2.75) is 23.9 Å². The van der Waals surface area contributed by atoms with Crippen molar-refractivity contribution in [3.8, 4) is 5.75 Å². The number of ether oxygens (including phenoxy) is 1. The maximum absolute atomic E-state index is 12.0. The molecule has 0 spiro atoms. The van der Waals surface area contributed by atoms with Crippen molar-refractivity contribution in [1.29, 1.82) is 0 Å². The van der Waals surface area contributed by atoms with E-state index in [0.29, 0.717) is 5.16 Å². The van der Waals surface area contributed by atoms with Gasteiger partial charge in [-0.25, -0.2) is 5.10 Å². The Morgan fingerprint density at radius 1 is 1.32 bits per heavy atom. The number of hydrogen-bond donors (Lipinski definition) is 2. The summed E-state index contributed by atoms with van der Waals surface area (Å²) in [6.07, 6.45) is 0. The van der Waals surface area contributed by atoms with Crippen LogP contribution in [0.15, 0.2) is 29.4 Å². The van der Waals surface area contributed by atoms with Crippen LogP contribution in [0, 0.1) is 0 Å². The van der Waals surface area contributed by atoms with Gasteiger partial charge in [0.1, 0.15) is 5.75 Å². The predicted molar refractivity (Wildman–Crippen MR) is 68.1 cm³/mol. The third-order valence-corrected chi connectivity index (χ3v) is 3.36. The molecule has 2 aromatic rings. The van der Waals surface area contributed by atoms with E-state index < -0.39 is 6.61 Å². The van der Waals surface area contributed by atoms with Gasteiger partial charge in [0.2, 0.25) is 11.1 Å². The molecule has 1 aromatic heterocycles. The molecule has 1 unspecified atom stereocenters. The average molecular weight is 286 g/mol. The first-order valence-corrected chi connectivity index (χ1v) is 6.32. The molecule has 19 heavy (non-hydrogen) atoms. The number of anilines is 1. The van der Waals surface area contributed by atoms with E-state index in [9.17, 15) is 8.78 Å². The molecule has 0 aliphatic rings. The van der Waals surface area contributed by atoms with Crippen molar-refractivity contribution < 1.29 is 13.5 Å². The second-order valence-corrected chi connectivity index (χ2v) is 5.02. The number of nitrogens with one attached hydrogen (secondary N) is 1. The first-order chi connectivity index (χ1) is 9.04. The van der Waals surface area contributed by atoms with Crippen molar-refractivity contribution in [3.63, 3.8) is 0 Å². The lowest BCUT2D eigenvalue weighted by molar-refractivity contribution is -0.0498. The van der Waals surface area contributed by atoms with Crippen LogP contribution in [0.1, 0.15) is 17.7 Å². The summed E-state index contributed by atoms with van der Waals surface area (Å²) in [5.74, 6) is 0.397. The Morgan fingerprint density at radius 3 is 2.53 bits per heavy atom. The minimum Gasteiger partial charge on any atom is -0.435 e. The topological polar surface area (TPSA) is 76.8 Å². The normalized spacial score (nSPS) is 12.6. The minimum atomic E-state index is -2.81. The summed E-state index contributed by atoms with van der Waals surface area (Å²) in [6.45, 7) is -0.853. The third-order valence-electron chi connectivity index (χ3n) is 2.34. The van der Waals surface area contributed by atoms with Crippen molar-refractivity contribution in [3.05, 3.63) is 29.8 Å². The molecule has 0 radical (unpaired) electrons. The first kappa shape index (κ1) is 13.6. The summed E-state index contributed by atoms with van der Waals surface area (Å²) >= 11 is 1.41. The van der Waals surface area contributed by atoms with Gasteiger partial charge in [0.25, 0.3) is 0 Å². The Kier molecular flexibility index (Phi) is 4.20. The van der Waals surface area contributed by atoms with Crippen LogP contribution in [0.2, 0.25) is 0 Å². The van der Waals surface area contributed by atoms with Crippen molar-refractivity contribution in [2.75, 3.05) is 5.73 Å². The first-order valence-electron chi connectivity index (χ1n) is 5.44. The Balaban J connectivity index is 2.01. The highest BCUT2D eigenvalue weighted by molar-refractivity contribution is 7.99. The second-order valence-electron chi connectivity index (χ2n) is 3.71. The lowest BCUT2D eigenvalue weighted by atomic mass is 10.2. The van der Waals surface area contributed by atoms with Gasteiger partial charge in [0.15, 0.2) is 0 Å². The number of nitrogens with zero attached hydrogens (tertiary/aromatic N) is 2. The van der Waals surface area contributed by atoms with Gasteiger partial charge in [-0.3, -0.25) is 0 Å². The van der Waals surface area contributed by atoms with E-state index in [1.165, 1.54) is 23.9 Å². The average Bonchev–Trinajstić information content (AvgIpc) is 2.75. The van der Waals surface area contributed by atoms with Gasteiger partial charge in [0, 0.05) is 5.25 Å². The standard InChI is InChI=1S/C11H12F2N4OS/c1-6(19-11-15-10(14)16-17-11)7-2-4-8(5-3-7)18-9(12)13/h2-6,9H,1H3,(H3,14,15,16,17). The van der Waals surface area contributed by atoms with E-state index in [1.54, 1.807) is 12.1 Å². The molecule has 1 atom stereocenters.